The zero-order valence-electron chi connectivity index (χ0n) is 10.1. The van der Waals surface area contributed by atoms with Crippen LogP contribution in [0.5, 0.6) is 0 Å². The number of hydrogen-bond donors (Lipinski definition) is 4. The maximum Gasteiger partial charge on any atom is 0.0929 e. The predicted molar refractivity (Wildman–Crippen MR) is 75.0 cm³/mol. The average molecular weight is 241 g/mol. The molecule has 18 heavy (non-hydrogen) atoms. The van der Waals surface area contributed by atoms with E-state index >= 15 is 0 Å². The number of aromatic amines is 1. The molecular weight excluding hydrogens is 226 g/mol. The van der Waals surface area contributed by atoms with Crippen LogP contribution < -0.4 is 16.8 Å². The molecule has 5 nitrogen and oxygen atoms in total. The highest BCUT2D eigenvalue weighted by molar-refractivity contribution is 6.00. The molecule has 0 saturated carbocycles. The minimum atomic E-state index is 0.613. The summed E-state index contributed by atoms with van der Waals surface area (Å²) in [4.78, 5) is 7.33. The first-order valence-electron chi connectivity index (χ1n) is 5.79. The molecule has 5 heteroatoms. The first-order valence-corrected chi connectivity index (χ1v) is 5.79. The summed E-state index contributed by atoms with van der Waals surface area (Å²) >= 11 is 0. The molecule has 0 fully saturated rings. The van der Waals surface area contributed by atoms with Gasteiger partial charge in [-0.15, -0.1) is 0 Å². The molecule has 2 aromatic rings. The number of benzene rings is 1. The smallest absolute Gasteiger partial charge is 0.0929 e. The van der Waals surface area contributed by atoms with E-state index in [0.717, 1.165) is 34.8 Å². The van der Waals surface area contributed by atoms with E-state index in [1.165, 1.54) is 0 Å². The summed E-state index contributed by atoms with van der Waals surface area (Å²) in [6.07, 6.45) is 3.73. The Morgan fingerprint density at radius 1 is 1.33 bits per heavy atom. The average Bonchev–Trinajstić information content (AvgIpc) is 2.93. The van der Waals surface area contributed by atoms with Crippen molar-refractivity contribution in [3.63, 3.8) is 0 Å². The van der Waals surface area contributed by atoms with Gasteiger partial charge < -0.3 is 21.8 Å². The zero-order valence-corrected chi connectivity index (χ0v) is 10.1. The molecule has 1 aliphatic rings. The predicted octanol–water partition coefficient (Wildman–Crippen LogP) is 1.85. The Balaban J connectivity index is 2.13. The molecule has 3 rings (SSSR count). The molecule has 2 heterocycles. The highest BCUT2D eigenvalue weighted by atomic mass is 14.9. The number of H-pyrrole nitrogens is 1. The van der Waals surface area contributed by atoms with Crippen LogP contribution in [0.2, 0.25) is 0 Å². The molecule has 0 bridgehead atoms. The second-order valence-electron chi connectivity index (χ2n) is 4.43. The lowest BCUT2D eigenvalue weighted by atomic mass is 10.0. The van der Waals surface area contributed by atoms with E-state index in [1.807, 2.05) is 25.1 Å². The van der Waals surface area contributed by atoms with Crippen LogP contribution in [0.15, 0.2) is 18.5 Å². The number of aromatic nitrogens is 2. The van der Waals surface area contributed by atoms with E-state index in [0.29, 0.717) is 11.4 Å². The SMILES string of the molecule is Cc1[nH]cnc1/C=C1\CNc2ccc(N)c(N)c21. The molecule has 1 aromatic carbocycles. The van der Waals surface area contributed by atoms with Crippen LogP contribution in [0.3, 0.4) is 0 Å². The third-order valence-electron chi connectivity index (χ3n) is 3.25. The Kier molecular flexibility index (Phi) is 2.26. The highest BCUT2D eigenvalue weighted by Crippen LogP contribution is 2.39. The summed E-state index contributed by atoms with van der Waals surface area (Å²) in [5.74, 6) is 0. The maximum atomic E-state index is 6.06. The number of nitrogens with zero attached hydrogens (tertiary/aromatic N) is 1. The van der Waals surface area contributed by atoms with Crippen molar-refractivity contribution in [1.29, 1.82) is 0 Å². The van der Waals surface area contributed by atoms with Crippen molar-refractivity contribution < 1.29 is 0 Å². The Bertz CT molecular complexity index is 639. The lowest BCUT2D eigenvalue weighted by Gasteiger charge is -2.07. The van der Waals surface area contributed by atoms with Crippen LogP contribution in [0.25, 0.3) is 11.6 Å². The second-order valence-corrected chi connectivity index (χ2v) is 4.43. The van der Waals surface area contributed by atoms with Crippen molar-refractivity contribution in [2.24, 2.45) is 0 Å². The fourth-order valence-corrected chi connectivity index (χ4v) is 2.21. The Morgan fingerprint density at radius 3 is 2.89 bits per heavy atom. The zero-order chi connectivity index (χ0) is 12.7. The summed E-state index contributed by atoms with van der Waals surface area (Å²) in [5.41, 5.74) is 18.3. The Labute approximate surface area is 105 Å². The van der Waals surface area contributed by atoms with Crippen molar-refractivity contribution >= 4 is 28.7 Å². The number of hydrogen-bond acceptors (Lipinski definition) is 4. The molecule has 0 spiro atoms. The molecule has 0 amide bonds. The number of rotatable bonds is 1. The van der Waals surface area contributed by atoms with E-state index in [1.54, 1.807) is 6.33 Å². The lowest BCUT2D eigenvalue weighted by molar-refractivity contribution is 1.25. The quantitative estimate of drug-likeness (QED) is 0.573. The summed E-state index contributed by atoms with van der Waals surface area (Å²) in [6, 6.07) is 3.78. The fraction of sp³-hybridized carbons (Fsp3) is 0.154. The molecule has 92 valence electrons. The van der Waals surface area contributed by atoms with Gasteiger partial charge in [-0.3, -0.25) is 0 Å². The van der Waals surface area contributed by atoms with Gasteiger partial charge in [-0.25, -0.2) is 4.98 Å². The Morgan fingerprint density at radius 2 is 2.17 bits per heavy atom. The monoisotopic (exact) mass is 241 g/mol. The van der Waals surface area contributed by atoms with Gasteiger partial charge in [-0.05, 0) is 30.7 Å². The largest absolute Gasteiger partial charge is 0.397 e. The van der Waals surface area contributed by atoms with Crippen molar-refractivity contribution in [3.05, 3.63) is 35.4 Å². The maximum absolute atomic E-state index is 6.06. The molecule has 0 radical (unpaired) electrons. The van der Waals surface area contributed by atoms with Gasteiger partial charge in [0.2, 0.25) is 0 Å². The summed E-state index contributed by atoms with van der Waals surface area (Å²) in [5, 5.41) is 3.31. The van der Waals surface area contributed by atoms with Crippen LogP contribution in [-0.4, -0.2) is 16.5 Å². The molecule has 0 atom stereocenters. The number of nitrogen functional groups attached to an aromatic ring is 2. The Hall–Kier alpha value is -2.43. The lowest BCUT2D eigenvalue weighted by Crippen LogP contribution is -1.98. The van der Waals surface area contributed by atoms with Gasteiger partial charge >= 0.3 is 0 Å². The number of anilines is 3. The van der Waals surface area contributed by atoms with Crippen molar-refractivity contribution in [3.8, 4) is 0 Å². The molecule has 1 aliphatic heterocycles. The normalized spacial score (nSPS) is 15.7. The van der Waals surface area contributed by atoms with E-state index < -0.39 is 0 Å². The number of fused-ring (bicyclic) bond motifs is 1. The van der Waals surface area contributed by atoms with Crippen LogP contribution >= 0.6 is 0 Å². The van der Waals surface area contributed by atoms with E-state index in [-0.39, 0.29) is 0 Å². The first-order chi connectivity index (χ1) is 8.66. The van der Waals surface area contributed by atoms with Crippen LogP contribution in [0.1, 0.15) is 17.0 Å². The second kappa shape index (κ2) is 3.80. The summed E-state index contributed by atoms with van der Waals surface area (Å²) < 4.78 is 0. The number of aryl methyl sites for hydroxylation is 1. The molecule has 6 N–H and O–H groups in total. The minimum absolute atomic E-state index is 0.613. The molecular formula is C13H15N5. The summed E-state index contributed by atoms with van der Waals surface area (Å²) in [7, 11) is 0. The standard InChI is InChI=1S/C13H15N5/c1-7-11(18-6-17-7)4-8-5-16-10-3-2-9(14)13(15)12(8)10/h2-4,6,16H,5,14-15H2,1H3,(H,17,18)/b8-4+. The number of imidazole rings is 1. The van der Waals surface area contributed by atoms with Gasteiger partial charge in [0.05, 0.1) is 23.4 Å². The van der Waals surface area contributed by atoms with Gasteiger partial charge in [0.25, 0.3) is 0 Å². The van der Waals surface area contributed by atoms with Gasteiger partial charge in [0.15, 0.2) is 0 Å². The summed E-state index contributed by atoms with van der Waals surface area (Å²) in [6.45, 7) is 2.74. The molecule has 0 aliphatic carbocycles. The highest BCUT2D eigenvalue weighted by Gasteiger charge is 2.20. The van der Waals surface area contributed by atoms with Crippen molar-refractivity contribution in [2.75, 3.05) is 23.3 Å². The van der Waals surface area contributed by atoms with Crippen molar-refractivity contribution in [1.82, 2.24) is 9.97 Å². The minimum Gasteiger partial charge on any atom is -0.397 e. The van der Waals surface area contributed by atoms with Gasteiger partial charge in [0, 0.05) is 23.5 Å². The third kappa shape index (κ3) is 1.52. The topological polar surface area (TPSA) is 92.8 Å². The van der Waals surface area contributed by atoms with Crippen molar-refractivity contribution in [2.45, 2.75) is 6.92 Å². The molecule has 1 aromatic heterocycles. The number of nitrogens with one attached hydrogen (secondary N) is 2. The van der Waals surface area contributed by atoms with Crippen LogP contribution in [-0.2, 0) is 0 Å². The van der Waals surface area contributed by atoms with Gasteiger partial charge in [-0.1, -0.05) is 0 Å². The fourth-order valence-electron chi connectivity index (χ4n) is 2.21. The number of nitrogens with two attached hydrogens (primary N) is 2. The van der Waals surface area contributed by atoms with Crippen LogP contribution in [0.4, 0.5) is 17.1 Å². The molecule has 0 saturated heterocycles. The van der Waals surface area contributed by atoms with E-state index in [9.17, 15) is 0 Å². The first kappa shape index (κ1) is 10.7. The van der Waals surface area contributed by atoms with E-state index in [2.05, 4.69) is 15.3 Å². The van der Waals surface area contributed by atoms with Gasteiger partial charge in [-0.2, -0.15) is 0 Å². The van der Waals surface area contributed by atoms with E-state index in [4.69, 9.17) is 11.5 Å². The third-order valence-corrected chi connectivity index (χ3v) is 3.25. The molecule has 0 unspecified atom stereocenters. The van der Waals surface area contributed by atoms with Crippen LogP contribution in [0, 0.1) is 6.92 Å². The van der Waals surface area contributed by atoms with Gasteiger partial charge in [0.1, 0.15) is 0 Å².